The predicted molar refractivity (Wildman–Crippen MR) is 67.3 cm³/mol. The van der Waals surface area contributed by atoms with Gasteiger partial charge in [0.2, 0.25) is 0 Å². The Bertz CT molecular complexity index is 626. The van der Waals surface area contributed by atoms with Crippen LogP contribution in [0, 0.1) is 5.82 Å². The van der Waals surface area contributed by atoms with Gasteiger partial charge in [0.1, 0.15) is 11.6 Å². The highest BCUT2D eigenvalue weighted by atomic mass is 35.5. The van der Waals surface area contributed by atoms with E-state index in [9.17, 15) is 17.6 Å². The topological polar surface area (TPSA) is 35.2 Å². The fraction of sp³-hybridized carbons (Fsp3) is 0.0769. The van der Waals surface area contributed by atoms with Crippen LogP contribution >= 0.6 is 11.6 Å². The zero-order valence-electron chi connectivity index (χ0n) is 9.84. The number of halogens is 5. The lowest BCUT2D eigenvalue weighted by Crippen LogP contribution is -2.04. The number of anilines is 1. The van der Waals surface area contributed by atoms with Gasteiger partial charge in [-0.2, -0.15) is 13.2 Å². The van der Waals surface area contributed by atoms with Gasteiger partial charge in [-0.3, -0.25) is 0 Å². The number of hydrogen-bond donors (Lipinski definition) is 1. The number of benzene rings is 2. The van der Waals surface area contributed by atoms with Crippen molar-refractivity contribution in [2.24, 2.45) is 0 Å². The van der Waals surface area contributed by atoms with E-state index in [1.54, 1.807) is 0 Å². The van der Waals surface area contributed by atoms with Gasteiger partial charge in [0.15, 0.2) is 5.75 Å². The maximum atomic E-state index is 13.1. The summed E-state index contributed by atoms with van der Waals surface area (Å²) in [6.45, 7) is 0. The number of hydrogen-bond acceptors (Lipinski definition) is 2. The van der Waals surface area contributed by atoms with Gasteiger partial charge in [-0.1, -0.05) is 11.6 Å². The van der Waals surface area contributed by atoms with Gasteiger partial charge in [-0.05, 0) is 24.3 Å². The molecule has 106 valence electrons. The second kappa shape index (κ2) is 5.20. The van der Waals surface area contributed by atoms with E-state index in [4.69, 9.17) is 22.1 Å². The maximum Gasteiger partial charge on any atom is 0.416 e. The first-order chi connectivity index (χ1) is 9.27. The molecule has 0 radical (unpaired) electrons. The first-order valence-corrected chi connectivity index (χ1v) is 5.75. The Kier molecular flexibility index (Phi) is 3.76. The Morgan fingerprint density at radius 3 is 2.20 bits per heavy atom. The van der Waals surface area contributed by atoms with E-state index in [1.165, 1.54) is 0 Å². The molecule has 0 aliphatic heterocycles. The molecule has 7 heteroatoms. The van der Waals surface area contributed by atoms with Crippen LogP contribution in [-0.4, -0.2) is 0 Å². The van der Waals surface area contributed by atoms with E-state index in [-0.39, 0.29) is 22.2 Å². The van der Waals surface area contributed by atoms with Crippen molar-refractivity contribution in [1.29, 1.82) is 0 Å². The summed E-state index contributed by atoms with van der Waals surface area (Å²) in [5, 5.41) is -0.193. The minimum absolute atomic E-state index is 0.00759. The van der Waals surface area contributed by atoms with Gasteiger partial charge < -0.3 is 10.5 Å². The molecule has 0 atom stereocenters. The summed E-state index contributed by atoms with van der Waals surface area (Å²) in [6.07, 6.45) is -4.42. The quantitative estimate of drug-likeness (QED) is 0.634. The molecule has 0 saturated heterocycles. The highest BCUT2D eigenvalue weighted by Crippen LogP contribution is 2.34. The minimum atomic E-state index is -4.42. The van der Waals surface area contributed by atoms with Crippen LogP contribution < -0.4 is 10.5 Å². The van der Waals surface area contributed by atoms with E-state index in [2.05, 4.69) is 0 Å². The Labute approximate surface area is 116 Å². The number of alkyl halides is 3. The van der Waals surface area contributed by atoms with Crippen molar-refractivity contribution in [2.45, 2.75) is 6.18 Å². The largest absolute Gasteiger partial charge is 0.455 e. The van der Waals surface area contributed by atoms with Crippen molar-refractivity contribution < 1.29 is 22.3 Å². The monoisotopic (exact) mass is 305 g/mol. The fourth-order valence-electron chi connectivity index (χ4n) is 1.47. The molecule has 0 spiro atoms. The summed E-state index contributed by atoms with van der Waals surface area (Å²) in [4.78, 5) is 0. The lowest BCUT2D eigenvalue weighted by molar-refractivity contribution is -0.137. The number of nitrogen functional groups attached to an aromatic ring is 1. The van der Waals surface area contributed by atoms with Crippen molar-refractivity contribution in [3.63, 3.8) is 0 Å². The van der Waals surface area contributed by atoms with Crippen molar-refractivity contribution >= 4 is 17.3 Å². The molecule has 0 unspecified atom stereocenters. The Morgan fingerprint density at radius 2 is 1.65 bits per heavy atom. The zero-order chi connectivity index (χ0) is 14.9. The van der Waals surface area contributed by atoms with E-state index in [0.717, 1.165) is 36.4 Å². The van der Waals surface area contributed by atoms with Crippen LogP contribution in [0.15, 0.2) is 36.4 Å². The highest BCUT2D eigenvalue weighted by Gasteiger charge is 2.30. The summed E-state index contributed by atoms with van der Waals surface area (Å²) in [6, 6.07) is 6.15. The van der Waals surface area contributed by atoms with Crippen LogP contribution in [0.4, 0.5) is 23.2 Å². The molecule has 2 rings (SSSR count). The second-order valence-corrected chi connectivity index (χ2v) is 4.34. The molecule has 2 nitrogen and oxygen atoms in total. The Balaban J connectivity index is 2.25. The van der Waals surface area contributed by atoms with Gasteiger partial charge in [-0.25, -0.2) is 4.39 Å². The van der Waals surface area contributed by atoms with Crippen LogP contribution in [0.5, 0.6) is 11.5 Å². The van der Waals surface area contributed by atoms with Crippen molar-refractivity contribution in [3.8, 4) is 11.5 Å². The van der Waals surface area contributed by atoms with Crippen LogP contribution in [0.25, 0.3) is 0 Å². The van der Waals surface area contributed by atoms with E-state index >= 15 is 0 Å². The average molecular weight is 306 g/mol. The standard InChI is InChI=1S/C13H8ClF4NO/c14-9-5-12(11(19)6-10(9)15)20-8-3-1-7(2-4-8)13(16,17)18/h1-6H,19H2. The highest BCUT2D eigenvalue weighted by molar-refractivity contribution is 6.31. The van der Waals surface area contributed by atoms with Gasteiger partial charge in [0.25, 0.3) is 0 Å². The molecule has 0 amide bonds. The average Bonchev–Trinajstić information content (AvgIpc) is 2.35. The van der Waals surface area contributed by atoms with E-state index in [1.807, 2.05) is 0 Å². The smallest absolute Gasteiger partial charge is 0.416 e. The van der Waals surface area contributed by atoms with Crippen LogP contribution in [-0.2, 0) is 6.18 Å². The van der Waals surface area contributed by atoms with Gasteiger partial charge in [-0.15, -0.1) is 0 Å². The van der Waals surface area contributed by atoms with E-state index < -0.39 is 17.6 Å². The Morgan fingerprint density at radius 1 is 1.05 bits per heavy atom. The molecule has 0 saturated carbocycles. The molecule has 0 aliphatic rings. The first-order valence-electron chi connectivity index (χ1n) is 5.37. The molecule has 20 heavy (non-hydrogen) atoms. The lowest BCUT2D eigenvalue weighted by Gasteiger charge is -2.11. The summed E-state index contributed by atoms with van der Waals surface area (Å²) < 4.78 is 55.5. The number of nitrogens with two attached hydrogens (primary N) is 1. The van der Waals surface area contributed by atoms with Crippen molar-refractivity contribution in [3.05, 3.63) is 52.8 Å². The van der Waals surface area contributed by atoms with Crippen molar-refractivity contribution in [2.75, 3.05) is 5.73 Å². The normalized spacial score (nSPS) is 11.4. The molecular formula is C13H8ClF4NO. The summed E-state index contributed by atoms with van der Waals surface area (Å²) in [5.74, 6) is -0.507. The van der Waals surface area contributed by atoms with Crippen LogP contribution in [0.2, 0.25) is 5.02 Å². The lowest BCUT2D eigenvalue weighted by atomic mass is 10.2. The van der Waals surface area contributed by atoms with E-state index in [0.29, 0.717) is 0 Å². The van der Waals surface area contributed by atoms with Crippen LogP contribution in [0.3, 0.4) is 0 Å². The number of ether oxygens (including phenoxy) is 1. The summed E-state index contributed by atoms with van der Waals surface area (Å²) in [7, 11) is 0. The number of rotatable bonds is 2. The molecule has 0 aromatic heterocycles. The van der Waals surface area contributed by atoms with Crippen LogP contribution in [0.1, 0.15) is 5.56 Å². The maximum absolute atomic E-state index is 13.1. The zero-order valence-corrected chi connectivity index (χ0v) is 10.6. The third-order valence-corrected chi connectivity index (χ3v) is 2.75. The van der Waals surface area contributed by atoms with Gasteiger partial charge >= 0.3 is 6.18 Å². The first kappa shape index (κ1) is 14.5. The third kappa shape index (κ3) is 3.14. The molecule has 0 fully saturated rings. The van der Waals surface area contributed by atoms with Gasteiger partial charge in [0, 0.05) is 12.1 Å². The molecule has 0 aliphatic carbocycles. The molecule has 0 heterocycles. The Hall–Kier alpha value is -1.95. The molecule has 2 aromatic carbocycles. The minimum Gasteiger partial charge on any atom is -0.455 e. The SMILES string of the molecule is Nc1cc(F)c(Cl)cc1Oc1ccc(C(F)(F)F)cc1. The third-order valence-electron chi connectivity index (χ3n) is 2.46. The van der Waals surface area contributed by atoms with Gasteiger partial charge in [0.05, 0.1) is 16.3 Å². The molecule has 0 bridgehead atoms. The molecule has 2 N–H and O–H groups in total. The van der Waals surface area contributed by atoms with Crippen molar-refractivity contribution in [1.82, 2.24) is 0 Å². The molecule has 2 aromatic rings. The summed E-state index contributed by atoms with van der Waals surface area (Å²) in [5.41, 5.74) is 4.73. The fourth-order valence-corrected chi connectivity index (χ4v) is 1.62. The predicted octanol–water partition coefficient (Wildman–Crippen LogP) is 4.87. The second-order valence-electron chi connectivity index (χ2n) is 3.93. The molecular weight excluding hydrogens is 298 g/mol. The summed E-state index contributed by atoms with van der Waals surface area (Å²) >= 11 is 5.58.